The Morgan fingerprint density at radius 3 is 2.64 bits per heavy atom. The second kappa shape index (κ2) is 7.61. The van der Waals surface area contributed by atoms with Crippen LogP contribution in [0.4, 0.5) is 0 Å². The molecule has 1 heterocycles. The Morgan fingerprint density at radius 1 is 1.27 bits per heavy atom. The van der Waals surface area contributed by atoms with E-state index in [0.29, 0.717) is 5.69 Å². The van der Waals surface area contributed by atoms with Crippen molar-refractivity contribution in [3.63, 3.8) is 0 Å². The van der Waals surface area contributed by atoms with Gasteiger partial charge in [-0.05, 0) is 38.1 Å². The van der Waals surface area contributed by atoms with Crippen molar-refractivity contribution >= 4 is 23.6 Å². The average Bonchev–Trinajstić information content (AvgIpc) is 2.55. The molecule has 114 valence electrons. The number of pyridine rings is 1. The molecular formula is C16H17N3O2S. The first-order valence-corrected chi connectivity index (χ1v) is 7.63. The highest BCUT2D eigenvalue weighted by molar-refractivity contribution is 8.00. The van der Waals surface area contributed by atoms with Crippen LogP contribution in [-0.2, 0) is 9.63 Å². The zero-order valence-electron chi connectivity index (χ0n) is 12.4. The molecule has 5 nitrogen and oxygen atoms in total. The third-order valence-corrected chi connectivity index (χ3v) is 3.92. The molecule has 0 radical (unpaired) electrons. The number of thioether (sulfide) groups is 1. The van der Waals surface area contributed by atoms with E-state index in [1.165, 1.54) is 17.3 Å². The van der Waals surface area contributed by atoms with Gasteiger partial charge in [0, 0.05) is 11.1 Å². The fraction of sp³-hybridized carbons (Fsp3) is 0.188. The quantitative estimate of drug-likeness (QED) is 0.302. The van der Waals surface area contributed by atoms with Crippen molar-refractivity contribution in [3.05, 3.63) is 59.9 Å². The van der Waals surface area contributed by atoms with Crippen LogP contribution in [-0.4, -0.2) is 22.0 Å². The lowest BCUT2D eigenvalue weighted by Gasteiger charge is -2.08. The van der Waals surface area contributed by atoms with Gasteiger partial charge in [0.1, 0.15) is 10.9 Å². The lowest BCUT2D eigenvalue weighted by molar-refractivity contribution is -0.142. The van der Waals surface area contributed by atoms with Crippen molar-refractivity contribution in [1.82, 2.24) is 4.98 Å². The summed E-state index contributed by atoms with van der Waals surface area (Å²) in [5.74, 6) is -0.383. The summed E-state index contributed by atoms with van der Waals surface area (Å²) < 4.78 is 0. The lowest BCUT2D eigenvalue weighted by Crippen LogP contribution is -2.19. The van der Waals surface area contributed by atoms with Crippen molar-refractivity contribution in [3.8, 4) is 0 Å². The highest BCUT2D eigenvalue weighted by atomic mass is 32.2. The van der Waals surface area contributed by atoms with Gasteiger partial charge in [-0.15, -0.1) is 11.8 Å². The standard InChI is InChI=1S/C16H17N3O2S/c1-11-6-8-13(9-7-11)22-12(2)16(20)21-19-15(17)14-5-3-4-10-18-14/h3-10,12H,1-2H3,(H2,17,19). The Bertz CT molecular complexity index is 657. The number of benzene rings is 1. The van der Waals surface area contributed by atoms with E-state index in [1.807, 2.05) is 31.2 Å². The SMILES string of the molecule is Cc1ccc(SC(C)C(=O)O/N=C(\N)c2ccccn2)cc1. The zero-order valence-corrected chi connectivity index (χ0v) is 13.2. The lowest BCUT2D eigenvalue weighted by atomic mass is 10.2. The first kappa shape index (κ1) is 16.0. The van der Waals surface area contributed by atoms with Gasteiger partial charge in [-0.2, -0.15) is 0 Å². The molecule has 2 rings (SSSR count). The number of carbonyl (C=O) groups is 1. The van der Waals surface area contributed by atoms with Crippen molar-refractivity contribution < 1.29 is 9.63 Å². The third-order valence-electron chi connectivity index (χ3n) is 2.83. The van der Waals surface area contributed by atoms with Crippen LogP contribution < -0.4 is 5.73 Å². The van der Waals surface area contributed by atoms with Gasteiger partial charge in [0.05, 0.1) is 0 Å². The number of rotatable bonds is 5. The fourth-order valence-corrected chi connectivity index (χ4v) is 2.44. The van der Waals surface area contributed by atoms with Crippen molar-refractivity contribution in [2.75, 3.05) is 0 Å². The summed E-state index contributed by atoms with van der Waals surface area (Å²) in [6, 6.07) is 13.2. The minimum atomic E-state index is -0.454. The second-order valence-corrected chi connectivity index (χ2v) is 6.09. The van der Waals surface area contributed by atoms with E-state index in [1.54, 1.807) is 31.3 Å². The summed E-state index contributed by atoms with van der Waals surface area (Å²) in [7, 11) is 0. The summed E-state index contributed by atoms with van der Waals surface area (Å²) >= 11 is 1.41. The molecule has 22 heavy (non-hydrogen) atoms. The number of hydrogen-bond donors (Lipinski definition) is 1. The summed E-state index contributed by atoms with van der Waals surface area (Å²) in [6.07, 6.45) is 1.59. The summed E-state index contributed by atoms with van der Waals surface area (Å²) in [6.45, 7) is 3.78. The van der Waals surface area contributed by atoms with Gasteiger partial charge in [-0.1, -0.05) is 28.9 Å². The normalized spacial score (nSPS) is 12.7. The number of aromatic nitrogens is 1. The molecule has 0 bridgehead atoms. The summed E-state index contributed by atoms with van der Waals surface area (Å²) in [4.78, 5) is 21.8. The van der Waals surface area contributed by atoms with Gasteiger partial charge in [0.25, 0.3) is 0 Å². The van der Waals surface area contributed by atoms with Gasteiger partial charge in [0.2, 0.25) is 0 Å². The van der Waals surface area contributed by atoms with Crippen LogP contribution in [0.5, 0.6) is 0 Å². The Hall–Kier alpha value is -2.34. The van der Waals surface area contributed by atoms with Gasteiger partial charge in [-0.3, -0.25) is 4.98 Å². The molecule has 6 heteroatoms. The Kier molecular flexibility index (Phi) is 5.55. The molecule has 0 aliphatic rings. The van der Waals surface area contributed by atoms with E-state index < -0.39 is 5.97 Å². The van der Waals surface area contributed by atoms with Gasteiger partial charge in [0.15, 0.2) is 5.84 Å². The predicted octanol–water partition coefficient (Wildman–Crippen LogP) is 2.73. The molecule has 1 unspecified atom stereocenters. The zero-order chi connectivity index (χ0) is 15.9. The van der Waals surface area contributed by atoms with Crippen LogP contribution in [0.15, 0.2) is 58.7 Å². The second-order valence-electron chi connectivity index (χ2n) is 4.67. The van der Waals surface area contributed by atoms with E-state index in [9.17, 15) is 4.79 Å². The maximum Gasteiger partial charge on any atom is 0.348 e. The van der Waals surface area contributed by atoms with Crippen LogP contribution in [0.3, 0.4) is 0 Å². The molecule has 0 fully saturated rings. The predicted molar refractivity (Wildman–Crippen MR) is 87.6 cm³/mol. The average molecular weight is 315 g/mol. The van der Waals surface area contributed by atoms with E-state index in [-0.39, 0.29) is 11.1 Å². The van der Waals surface area contributed by atoms with Crippen LogP contribution in [0.1, 0.15) is 18.2 Å². The van der Waals surface area contributed by atoms with Crippen LogP contribution >= 0.6 is 11.8 Å². The first-order valence-electron chi connectivity index (χ1n) is 6.75. The Morgan fingerprint density at radius 2 is 2.00 bits per heavy atom. The van der Waals surface area contributed by atoms with E-state index in [0.717, 1.165) is 4.90 Å². The van der Waals surface area contributed by atoms with Crippen molar-refractivity contribution in [2.45, 2.75) is 24.0 Å². The molecule has 0 aliphatic carbocycles. The van der Waals surface area contributed by atoms with Gasteiger partial charge >= 0.3 is 5.97 Å². The maximum absolute atomic E-state index is 11.9. The van der Waals surface area contributed by atoms with Crippen molar-refractivity contribution in [1.29, 1.82) is 0 Å². The Balaban J connectivity index is 1.92. The van der Waals surface area contributed by atoms with Crippen LogP contribution in [0.25, 0.3) is 0 Å². The highest BCUT2D eigenvalue weighted by Crippen LogP contribution is 2.24. The van der Waals surface area contributed by atoms with E-state index >= 15 is 0 Å². The summed E-state index contributed by atoms with van der Waals surface area (Å²) in [5, 5.41) is 3.25. The monoisotopic (exact) mass is 315 g/mol. The third kappa shape index (κ3) is 4.60. The summed E-state index contributed by atoms with van der Waals surface area (Å²) in [5.41, 5.74) is 7.36. The number of carbonyl (C=O) groups excluding carboxylic acids is 1. The molecule has 0 spiro atoms. The number of oxime groups is 1. The Labute approximate surface area is 133 Å². The minimum absolute atomic E-state index is 0.0708. The van der Waals surface area contributed by atoms with E-state index in [2.05, 4.69) is 10.1 Å². The molecule has 0 amide bonds. The van der Waals surface area contributed by atoms with E-state index in [4.69, 9.17) is 10.6 Å². The number of hydrogen-bond acceptors (Lipinski definition) is 5. The molecule has 1 aromatic carbocycles. The maximum atomic E-state index is 11.9. The highest BCUT2D eigenvalue weighted by Gasteiger charge is 2.16. The molecule has 0 aliphatic heterocycles. The molecule has 2 N–H and O–H groups in total. The van der Waals surface area contributed by atoms with Gasteiger partial charge < -0.3 is 10.6 Å². The van der Waals surface area contributed by atoms with Gasteiger partial charge in [-0.25, -0.2) is 4.79 Å². The topological polar surface area (TPSA) is 77.6 Å². The molecule has 0 saturated carbocycles. The number of nitrogens with zero attached hydrogens (tertiary/aromatic N) is 2. The first-order chi connectivity index (χ1) is 10.6. The largest absolute Gasteiger partial charge is 0.379 e. The van der Waals surface area contributed by atoms with Crippen LogP contribution in [0.2, 0.25) is 0 Å². The molecular weight excluding hydrogens is 298 g/mol. The molecule has 0 saturated heterocycles. The van der Waals surface area contributed by atoms with Crippen molar-refractivity contribution in [2.24, 2.45) is 10.9 Å². The minimum Gasteiger partial charge on any atom is -0.379 e. The number of aryl methyl sites for hydroxylation is 1. The smallest absolute Gasteiger partial charge is 0.348 e. The fourth-order valence-electron chi connectivity index (χ4n) is 1.60. The van der Waals surface area contributed by atoms with Crippen LogP contribution in [0, 0.1) is 6.92 Å². The number of amidine groups is 1. The number of nitrogens with two attached hydrogens (primary N) is 1. The molecule has 1 atom stereocenters. The molecule has 2 aromatic rings. The molecule has 1 aromatic heterocycles.